The zero-order valence-corrected chi connectivity index (χ0v) is 21.7. The van der Waals surface area contributed by atoms with Crippen LogP contribution in [0.4, 0.5) is 0 Å². The maximum atomic E-state index is 12.8. The Kier molecular flexibility index (Phi) is 7.06. The van der Waals surface area contributed by atoms with Gasteiger partial charge in [0.1, 0.15) is 11.7 Å². The lowest BCUT2D eigenvalue weighted by molar-refractivity contribution is -0.114. The molecule has 0 spiro atoms. The summed E-state index contributed by atoms with van der Waals surface area (Å²) >= 11 is 4.99. The van der Waals surface area contributed by atoms with Gasteiger partial charge in [0.05, 0.1) is 17.2 Å². The standard InChI is InChI=1S/C26H25BrN4O3S/c1-33-21-14-17(13-20(27)22(21)34-15-16-8-4-2-5-9-16)12-19-23(28)31-26(29-24(19)32)35-25(30-31)18-10-6-3-7-11-18/h2,4-5,8-9,12-14,18,28H,3,6-7,10-11,15H2,1H3/b19-12-,28-23?. The third-order valence-corrected chi connectivity index (χ3v) is 7.87. The summed E-state index contributed by atoms with van der Waals surface area (Å²) < 4.78 is 12.3. The van der Waals surface area contributed by atoms with Crippen LogP contribution in [0.2, 0.25) is 0 Å². The molecule has 180 valence electrons. The number of methoxy groups -OCH3 is 1. The molecule has 0 unspecified atom stereocenters. The van der Waals surface area contributed by atoms with Crippen molar-refractivity contribution in [2.45, 2.75) is 38.7 Å². The first-order chi connectivity index (χ1) is 17.0. The van der Waals surface area contributed by atoms with Crippen molar-refractivity contribution in [3.8, 4) is 11.5 Å². The highest BCUT2D eigenvalue weighted by Gasteiger charge is 2.38. The quantitative estimate of drug-likeness (QED) is 0.428. The van der Waals surface area contributed by atoms with Crippen LogP contribution in [0, 0.1) is 11.3 Å². The number of aliphatic imine (C=N–C) groups is 1. The van der Waals surface area contributed by atoms with Crippen LogP contribution in [0.1, 0.15) is 43.2 Å². The van der Waals surface area contributed by atoms with Crippen molar-refractivity contribution in [3.63, 3.8) is 0 Å². The number of rotatable bonds is 6. The SMILES string of the molecule is COc1cc(/C=C2/C(=N)N3N=C(C4CCCCC4)SC3=NC2=O)cc(Br)c1OCc1ccccc1. The van der Waals surface area contributed by atoms with E-state index in [4.69, 9.17) is 14.9 Å². The molecular weight excluding hydrogens is 528 g/mol. The summed E-state index contributed by atoms with van der Waals surface area (Å²) in [5, 5.41) is 16.3. The van der Waals surface area contributed by atoms with E-state index in [1.165, 1.54) is 36.0 Å². The van der Waals surface area contributed by atoms with E-state index in [0.29, 0.717) is 39.2 Å². The van der Waals surface area contributed by atoms with Crippen LogP contribution in [0.5, 0.6) is 11.5 Å². The highest BCUT2D eigenvalue weighted by molar-refractivity contribution is 9.10. The van der Waals surface area contributed by atoms with E-state index >= 15 is 0 Å². The molecule has 1 saturated carbocycles. The molecule has 0 aromatic heterocycles. The molecule has 2 aliphatic heterocycles. The fourth-order valence-electron chi connectivity index (χ4n) is 4.38. The molecule has 0 radical (unpaired) electrons. The number of carbonyl (C=O) groups is 1. The number of amidine groups is 2. The van der Waals surface area contributed by atoms with Crippen LogP contribution in [0.25, 0.3) is 6.08 Å². The minimum Gasteiger partial charge on any atom is -0.493 e. The van der Waals surface area contributed by atoms with Crippen LogP contribution >= 0.6 is 27.7 Å². The van der Waals surface area contributed by atoms with Crippen molar-refractivity contribution in [2.24, 2.45) is 16.0 Å². The number of hydrogen-bond donors (Lipinski definition) is 1. The first-order valence-corrected chi connectivity index (χ1v) is 13.2. The molecule has 1 fully saturated rings. The minimum absolute atomic E-state index is 0.0396. The van der Waals surface area contributed by atoms with Crippen LogP contribution in [-0.4, -0.2) is 34.1 Å². The zero-order chi connectivity index (χ0) is 24.4. The third kappa shape index (κ3) is 5.06. The van der Waals surface area contributed by atoms with E-state index in [1.54, 1.807) is 19.3 Å². The highest BCUT2D eigenvalue weighted by atomic mass is 79.9. The van der Waals surface area contributed by atoms with Gasteiger partial charge in [-0.25, -0.2) is 0 Å². The van der Waals surface area contributed by atoms with E-state index in [2.05, 4.69) is 26.0 Å². The summed E-state index contributed by atoms with van der Waals surface area (Å²) in [4.78, 5) is 17.1. The second-order valence-corrected chi connectivity index (χ2v) is 10.4. The Labute approximate surface area is 216 Å². The Bertz CT molecular complexity index is 1250. The molecule has 9 heteroatoms. The number of amides is 1. The maximum absolute atomic E-state index is 12.8. The molecule has 1 N–H and O–H groups in total. The number of hydrogen-bond acceptors (Lipinski definition) is 6. The van der Waals surface area contributed by atoms with Gasteiger partial charge in [-0.3, -0.25) is 10.2 Å². The van der Waals surface area contributed by atoms with Crippen molar-refractivity contribution >= 4 is 55.7 Å². The lowest BCUT2D eigenvalue weighted by Crippen LogP contribution is -2.35. The summed E-state index contributed by atoms with van der Waals surface area (Å²) in [6.45, 7) is 0.394. The van der Waals surface area contributed by atoms with Crippen molar-refractivity contribution in [1.82, 2.24) is 5.01 Å². The van der Waals surface area contributed by atoms with Gasteiger partial charge in [0.15, 0.2) is 17.3 Å². The van der Waals surface area contributed by atoms with Gasteiger partial charge < -0.3 is 9.47 Å². The normalized spacial score (nSPS) is 19.5. The molecule has 1 amide bonds. The Hall–Kier alpha value is -2.91. The molecule has 5 rings (SSSR count). The first-order valence-electron chi connectivity index (χ1n) is 11.6. The number of benzene rings is 2. The summed E-state index contributed by atoms with van der Waals surface area (Å²) in [6.07, 6.45) is 7.50. The maximum Gasteiger partial charge on any atom is 0.283 e. The summed E-state index contributed by atoms with van der Waals surface area (Å²) in [5.41, 5.74) is 1.92. The lowest BCUT2D eigenvalue weighted by Gasteiger charge is -2.20. The lowest BCUT2D eigenvalue weighted by atomic mass is 9.90. The predicted octanol–water partition coefficient (Wildman–Crippen LogP) is 6.24. The smallest absolute Gasteiger partial charge is 0.283 e. The third-order valence-electron chi connectivity index (χ3n) is 6.21. The molecule has 2 aromatic rings. The molecule has 0 bridgehead atoms. The fraction of sp³-hybridized carbons (Fsp3) is 0.308. The van der Waals surface area contributed by atoms with E-state index in [1.807, 2.05) is 36.4 Å². The Morgan fingerprint density at radius 3 is 2.71 bits per heavy atom. The highest BCUT2D eigenvalue weighted by Crippen LogP contribution is 2.39. The van der Waals surface area contributed by atoms with Gasteiger partial charge in [-0.15, -0.1) is 0 Å². The van der Waals surface area contributed by atoms with Crippen molar-refractivity contribution in [2.75, 3.05) is 7.11 Å². The van der Waals surface area contributed by atoms with Crippen LogP contribution < -0.4 is 9.47 Å². The van der Waals surface area contributed by atoms with Gasteiger partial charge in [-0.05, 0) is 69.9 Å². The second-order valence-electron chi connectivity index (χ2n) is 8.60. The molecular formula is C26H25BrN4O3S. The van der Waals surface area contributed by atoms with E-state index in [9.17, 15) is 4.79 Å². The summed E-state index contributed by atoms with van der Waals surface area (Å²) in [5.74, 6) is 1.09. The first kappa shape index (κ1) is 23.8. The second kappa shape index (κ2) is 10.4. The van der Waals surface area contributed by atoms with E-state index in [-0.39, 0.29) is 11.4 Å². The molecule has 0 saturated heterocycles. The minimum atomic E-state index is -0.437. The molecule has 3 aliphatic rings. The summed E-state index contributed by atoms with van der Waals surface area (Å²) in [6, 6.07) is 13.5. The van der Waals surface area contributed by atoms with Crippen LogP contribution in [-0.2, 0) is 11.4 Å². The van der Waals surface area contributed by atoms with Gasteiger partial charge in [-0.1, -0.05) is 49.6 Å². The van der Waals surface area contributed by atoms with Crippen molar-refractivity contribution in [1.29, 1.82) is 5.41 Å². The van der Waals surface area contributed by atoms with Crippen molar-refractivity contribution in [3.05, 3.63) is 63.6 Å². The fourth-order valence-corrected chi connectivity index (χ4v) is 6.01. The average Bonchev–Trinajstić information content (AvgIpc) is 3.31. The van der Waals surface area contributed by atoms with Gasteiger partial charge in [-0.2, -0.15) is 15.1 Å². The molecule has 1 aliphatic carbocycles. The molecule has 2 aromatic carbocycles. The number of thioether (sulfide) groups is 1. The average molecular weight is 553 g/mol. The van der Waals surface area contributed by atoms with Gasteiger partial charge in [0.25, 0.3) is 5.91 Å². The van der Waals surface area contributed by atoms with E-state index in [0.717, 1.165) is 23.4 Å². The predicted molar refractivity (Wildman–Crippen MR) is 143 cm³/mol. The number of nitrogens with one attached hydrogen (secondary N) is 1. The monoisotopic (exact) mass is 552 g/mol. The Morgan fingerprint density at radius 1 is 1.20 bits per heavy atom. The largest absolute Gasteiger partial charge is 0.493 e. The van der Waals surface area contributed by atoms with Crippen LogP contribution in [0.15, 0.2) is 62.6 Å². The molecule has 35 heavy (non-hydrogen) atoms. The number of nitrogens with zero attached hydrogens (tertiary/aromatic N) is 3. The summed E-state index contributed by atoms with van der Waals surface area (Å²) in [7, 11) is 1.57. The Morgan fingerprint density at radius 2 is 1.97 bits per heavy atom. The number of halogens is 1. The number of hydrazone groups is 1. The van der Waals surface area contributed by atoms with Gasteiger partial charge >= 0.3 is 0 Å². The molecule has 7 nitrogen and oxygen atoms in total. The number of ether oxygens (including phenoxy) is 2. The van der Waals surface area contributed by atoms with Crippen molar-refractivity contribution < 1.29 is 14.3 Å². The van der Waals surface area contributed by atoms with Gasteiger partial charge in [0.2, 0.25) is 5.17 Å². The molecule has 2 heterocycles. The number of carbonyl (C=O) groups excluding carboxylic acids is 1. The molecule has 0 atom stereocenters. The topological polar surface area (TPSA) is 87.3 Å². The van der Waals surface area contributed by atoms with E-state index < -0.39 is 5.91 Å². The van der Waals surface area contributed by atoms with Gasteiger partial charge in [0, 0.05) is 5.92 Å². The zero-order valence-electron chi connectivity index (χ0n) is 19.3. The van der Waals surface area contributed by atoms with Crippen LogP contribution in [0.3, 0.4) is 0 Å². The Balaban J connectivity index is 1.39. The number of fused-ring (bicyclic) bond motifs is 1.